The van der Waals surface area contributed by atoms with Gasteiger partial charge in [-0.3, -0.25) is 4.79 Å². The molecule has 0 radical (unpaired) electrons. The van der Waals surface area contributed by atoms with Crippen LogP contribution >= 0.6 is 22.9 Å². The van der Waals surface area contributed by atoms with Crippen molar-refractivity contribution < 1.29 is 4.79 Å². The van der Waals surface area contributed by atoms with Gasteiger partial charge in [-0.2, -0.15) is 0 Å². The van der Waals surface area contributed by atoms with E-state index in [0.29, 0.717) is 17.8 Å². The number of pyridine rings is 1. The molecule has 2 heterocycles. The number of rotatable bonds is 4. The Kier molecular flexibility index (Phi) is 4.17. The lowest BCUT2D eigenvalue weighted by Crippen LogP contribution is -2.26. The highest BCUT2D eigenvalue weighted by Crippen LogP contribution is 2.14. The van der Waals surface area contributed by atoms with E-state index < -0.39 is 0 Å². The number of nitrogen functional groups attached to an aromatic ring is 1. The second-order valence-corrected chi connectivity index (χ2v) is 5.10. The number of hydrogen-bond donors (Lipinski definition) is 2. The third-order valence-corrected chi connectivity index (χ3v) is 3.53. The molecule has 0 saturated carbocycles. The Morgan fingerprint density at radius 3 is 3.11 bits per heavy atom. The molecule has 1 amide bonds. The topological polar surface area (TPSA) is 68.0 Å². The van der Waals surface area contributed by atoms with Gasteiger partial charge in [0.15, 0.2) is 0 Å². The second-order valence-electron chi connectivity index (χ2n) is 3.68. The molecule has 0 aliphatic rings. The standard InChI is InChI=1S/C12H12ClN3OS/c13-11-6-9(10(14)7-16-11)12(17)15-4-3-8-2-1-5-18-8/h1-2,5-7H,3-4,14H2,(H,15,17). The van der Waals surface area contributed by atoms with Crippen LogP contribution in [0.25, 0.3) is 0 Å². The number of thiophene rings is 1. The first-order chi connectivity index (χ1) is 8.66. The summed E-state index contributed by atoms with van der Waals surface area (Å²) < 4.78 is 0. The number of carbonyl (C=O) groups is 1. The van der Waals surface area contributed by atoms with E-state index in [0.717, 1.165) is 6.42 Å². The van der Waals surface area contributed by atoms with E-state index in [4.69, 9.17) is 17.3 Å². The normalized spacial score (nSPS) is 10.3. The Hall–Kier alpha value is -1.59. The van der Waals surface area contributed by atoms with Gasteiger partial charge >= 0.3 is 0 Å². The van der Waals surface area contributed by atoms with E-state index in [-0.39, 0.29) is 11.1 Å². The van der Waals surface area contributed by atoms with Crippen LogP contribution in [0.5, 0.6) is 0 Å². The first kappa shape index (κ1) is 12.9. The van der Waals surface area contributed by atoms with Crippen molar-refractivity contribution in [2.24, 2.45) is 0 Å². The highest BCUT2D eigenvalue weighted by molar-refractivity contribution is 7.09. The van der Waals surface area contributed by atoms with Gasteiger partial charge in [-0.15, -0.1) is 11.3 Å². The monoisotopic (exact) mass is 281 g/mol. The van der Waals surface area contributed by atoms with Crippen molar-refractivity contribution >= 4 is 34.5 Å². The lowest BCUT2D eigenvalue weighted by Gasteiger charge is -2.06. The predicted molar refractivity (Wildman–Crippen MR) is 74.0 cm³/mol. The predicted octanol–water partition coefficient (Wildman–Crippen LogP) is 2.35. The number of hydrogen-bond acceptors (Lipinski definition) is 4. The Morgan fingerprint density at radius 2 is 2.39 bits per heavy atom. The average molecular weight is 282 g/mol. The maximum atomic E-state index is 11.9. The summed E-state index contributed by atoms with van der Waals surface area (Å²) in [7, 11) is 0. The Morgan fingerprint density at radius 1 is 1.56 bits per heavy atom. The van der Waals surface area contributed by atoms with Crippen molar-refractivity contribution in [3.63, 3.8) is 0 Å². The van der Waals surface area contributed by atoms with Crippen LogP contribution in [0, 0.1) is 0 Å². The largest absolute Gasteiger partial charge is 0.397 e. The van der Waals surface area contributed by atoms with E-state index in [2.05, 4.69) is 10.3 Å². The number of nitrogens with one attached hydrogen (secondary N) is 1. The maximum Gasteiger partial charge on any atom is 0.253 e. The minimum atomic E-state index is -0.228. The minimum Gasteiger partial charge on any atom is -0.397 e. The van der Waals surface area contributed by atoms with Crippen LogP contribution < -0.4 is 11.1 Å². The summed E-state index contributed by atoms with van der Waals surface area (Å²) in [6.07, 6.45) is 2.19. The summed E-state index contributed by atoms with van der Waals surface area (Å²) >= 11 is 7.40. The van der Waals surface area contributed by atoms with Gasteiger partial charge in [-0.25, -0.2) is 4.98 Å². The molecule has 0 fully saturated rings. The number of anilines is 1. The fraction of sp³-hybridized carbons (Fsp3) is 0.167. The molecule has 0 spiro atoms. The molecule has 3 N–H and O–H groups in total. The third-order valence-electron chi connectivity index (χ3n) is 2.38. The molecule has 0 aliphatic carbocycles. The molecule has 6 heteroatoms. The molecule has 94 valence electrons. The molecule has 0 aromatic carbocycles. The van der Waals surface area contributed by atoms with Crippen LogP contribution in [0.1, 0.15) is 15.2 Å². The van der Waals surface area contributed by atoms with Crippen LogP contribution in [0.15, 0.2) is 29.8 Å². The van der Waals surface area contributed by atoms with Crippen LogP contribution in [-0.2, 0) is 6.42 Å². The van der Waals surface area contributed by atoms with Gasteiger partial charge in [0.2, 0.25) is 0 Å². The SMILES string of the molecule is Nc1cnc(Cl)cc1C(=O)NCCc1cccs1. The summed E-state index contributed by atoms with van der Waals surface area (Å²) in [5.74, 6) is -0.228. The fourth-order valence-corrected chi connectivity index (χ4v) is 2.35. The van der Waals surface area contributed by atoms with Gasteiger partial charge in [0.25, 0.3) is 5.91 Å². The summed E-state index contributed by atoms with van der Waals surface area (Å²) in [4.78, 5) is 16.9. The van der Waals surface area contributed by atoms with Gasteiger partial charge in [0, 0.05) is 11.4 Å². The molecular formula is C12H12ClN3OS. The van der Waals surface area contributed by atoms with Crippen LogP contribution in [0.3, 0.4) is 0 Å². The molecule has 2 aromatic heterocycles. The van der Waals surface area contributed by atoms with Crippen LogP contribution in [-0.4, -0.2) is 17.4 Å². The van der Waals surface area contributed by atoms with E-state index in [1.165, 1.54) is 17.1 Å². The van der Waals surface area contributed by atoms with Gasteiger partial charge in [0.05, 0.1) is 17.4 Å². The Bertz CT molecular complexity index is 542. The first-order valence-electron chi connectivity index (χ1n) is 5.38. The number of nitrogens with zero attached hydrogens (tertiary/aromatic N) is 1. The number of nitrogens with two attached hydrogens (primary N) is 1. The number of amides is 1. The molecular weight excluding hydrogens is 270 g/mol. The summed E-state index contributed by atoms with van der Waals surface area (Å²) in [5.41, 5.74) is 6.37. The van der Waals surface area contributed by atoms with Gasteiger partial charge in [0.1, 0.15) is 5.15 Å². The van der Waals surface area contributed by atoms with E-state index in [9.17, 15) is 4.79 Å². The molecule has 0 atom stereocenters. The van der Waals surface area contributed by atoms with Gasteiger partial charge in [-0.1, -0.05) is 17.7 Å². The summed E-state index contributed by atoms with van der Waals surface area (Å²) in [6, 6.07) is 5.49. The molecule has 18 heavy (non-hydrogen) atoms. The van der Waals surface area contributed by atoms with Crippen molar-refractivity contribution in [2.45, 2.75) is 6.42 Å². The zero-order valence-corrected chi connectivity index (χ0v) is 11.1. The number of carbonyl (C=O) groups excluding carboxylic acids is 1. The summed E-state index contributed by atoms with van der Waals surface area (Å²) in [5, 5.41) is 5.08. The fourth-order valence-electron chi connectivity index (χ4n) is 1.49. The third kappa shape index (κ3) is 3.21. The molecule has 0 bridgehead atoms. The molecule has 0 aliphatic heterocycles. The van der Waals surface area contributed by atoms with Crippen molar-refractivity contribution in [1.29, 1.82) is 0 Å². The highest BCUT2D eigenvalue weighted by atomic mass is 35.5. The van der Waals surface area contributed by atoms with Crippen LogP contribution in [0.2, 0.25) is 5.15 Å². The van der Waals surface area contributed by atoms with Gasteiger partial charge in [-0.05, 0) is 23.9 Å². The summed E-state index contributed by atoms with van der Waals surface area (Å²) in [6.45, 7) is 0.568. The molecule has 4 nitrogen and oxygen atoms in total. The van der Waals surface area contributed by atoms with Crippen molar-refractivity contribution in [3.05, 3.63) is 45.4 Å². The number of aromatic nitrogens is 1. The second kappa shape index (κ2) is 5.84. The molecule has 0 saturated heterocycles. The highest BCUT2D eigenvalue weighted by Gasteiger charge is 2.10. The lowest BCUT2D eigenvalue weighted by molar-refractivity contribution is 0.0955. The van der Waals surface area contributed by atoms with E-state index in [1.54, 1.807) is 11.3 Å². The number of halogens is 1. The van der Waals surface area contributed by atoms with Crippen LogP contribution in [0.4, 0.5) is 5.69 Å². The zero-order valence-electron chi connectivity index (χ0n) is 9.52. The smallest absolute Gasteiger partial charge is 0.253 e. The van der Waals surface area contributed by atoms with Crippen molar-refractivity contribution in [3.8, 4) is 0 Å². The van der Waals surface area contributed by atoms with E-state index >= 15 is 0 Å². The first-order valence-corrected chi connectivity index (χ1v) is 6.64. The molecule has 2 rings (SSSR count). The Labute approximate surface area is 114 Å². The quantitative estimate of drug-likeness (QED) is 0.846. The van der Waals surface area contributed by atoms with Crippen molar-refractivity contribution in [2.75, 3.05) is 12.3 Å². The average Bonchev–Trinajstić information content (AvgIpc) is 2.85. The Balaban J connectivity index is 1.93. The van der Waals surface area contributed by atoms with Gasteiger partial charge < -0.3 is 11.1 Å². The zero-order chi connectivity index (χ0) is 13.0. The molecule has 0 unspecified atom stereocenters. The van der Waals surface area contributed by atoms with E-state index in [1.807, 2.05) is 17.5 Å². The molecule has 2 aromatic rings. The maximum absolute atomic E-state index is 11.9. The van der Waals surface area contributed by atoms with Crippen molar-refractivity contribution in [1.82, 2.24) is 10.3 Å². The minimum absolute atomic E-state index is 0.228. The lowest BCUT2D eigenvalue weighted by atomic mass is 10.2.